The van der Waals surface area contributed by atoms with Crippen molar-refractivity contribution in [3.8, 4) is 0 Å². The van der Waals surface area contributed by atoms with Crippen LogP contribution < -0.4 is 0 Å². The van der Waals surface area contributed by atoms with E-state index < -0.39 is 6.10 Å². The van der Waals surface area contributed by atoms with Gasteiger partial charge in [0.15, 0.2) is 0 Å². The maximum absolute atomic E-state index is 9.91. The highest BCUT2D eigenvalue weighted by Gasteiger charge is 2.13. The van der Waals surface area contributed by atoms with Gasteiger partial charge in [0.2, 0.25) is 5.89 Å². The lowest BCUT2D eigenvalue weighted by Gasteiger charge is -2.11. The van der Waals surface area contributed by atoms with Gasteiger partial charge in [-0.15, -0.1) is 10.2 Å². The zero-order valence-corrected chi connectivity index (χ0v) is 10.6. The third-order valence-electron chi connectivity index (χ3n) is 2.37. The molecule has 0 unspecified atom stereocenters. The molecule has 1 N–H and O–H groups in total. The number of aromatic nitrogens is 2. The van der Waals surface area contributed by atoms with Gasteiger partial charge in [0.05, 0.1) is 6.10 Å². The number of hydrogen-bond acceptors (Lipinski definition) is 5. The molecule has 0 spiro atoms. The molecule has 1 atom stereocenters. The molecule has 1 heterocycles. The van der Waals surface area contributed by atoms with Crippen LogP contribution in [0.25, 0.3) is 0 Å². The fraction of sp³-hybridized carbons (Fsp3) is 0.333. The van der Waals surface area contributed by atoms with E-state index in [1.807, 2.05) is 31.2 Å². The zero-order valence-electron chi connectivity index (χ0n) is 9.75. The summed E-state index contributed by atoms with van der Waals surface area (Å²) in [5.41, 5.74) is 0.899. The van der Waals surface area contributed by atoms with Gasteiger partial charge in [-0.2, -0.15) is 0 Å². The smallest absolute Gasteiger partial charge is 0.281 e. The Morgan fingerprint density at radius 2 is 2.12 bits per heavy atom. The van der Waals surface area contributed by atoms with E-state index in [1.165, 1.54) is 11.8 Å². The quantitative estimate of drug-likeness (QED) is 0.904. The molecule has 0 amide bonds. The van der Waals surface area contributed by atoms with Crippen molar-refractivity contribution in [1.29, 1.82) is 0 Å². The average Bonchev–Trinajstić information content (AvgIpc) is 2.74. The molecule has 0 fully saturated rings. The van der Waals surface area contributed by atoms with Crippen LogP contribution in [0.15, 0.2) is 38.8 Å². The molecule has 2 aromatic rings. The minimum atomic E-state index is -0.456. The molecule has 0 radical (unpaired) electrons. The van der Waals surface area contributed by atoms with E-state index in [-0.39, 0.29) is 0 Å². The minimum Gasteiger partial charge on any atom is -0.416 e. The molecule has 0 bridgehead atoms. The Kier molecular flexibility index (Phi) is 3.81. The number of rotatable bonds is 4. The summed E-state index contributed by atoms with van der Waals surface area (Å²) >= 11 is 1.38. The van der Waals surface area contributed by atoms with Crippen LogP contribution in [0.2, 0.25) is 0 Å². The third kappa shape index (κ3) is 2.87. The summed E-state index contributed by atoms with van der Waals surface area (Å²) in [6.07, 6.45) is 0.225. The third-order valence-corrected chi connectivity index (χ3v) is 3.30. The molecule has 0 saturated carbocycles. The topological polar surface area (TPSA) is 59.2 Å². The largest absolute Gasteiger partial charge is 0.416 e. The number of benzene rings is 1. The standard InChI is InChI=1S/C12H14N2O2S/c1-3-10(15)9-6-4-5-7-11(9)17-12-14-13-8(2)16-12/h4-7,10,15H,3H2,1-2H3/t10-/m0/s1. The Morgan fingerprint density at radius 3 is 2.76 bits per heavy atom. The highest BCUT2D eigenvalue weighted by atomic mass is 32.2. The van der Waals surface area contributed by atoms with E-state index in [9.17, 15) is 5.11 Å². The van der Waals surface area contributed by atoms with Crippen LogP contribution in [0, 0.1) is 6.92 Å². The number of hydrogen-bond donors (Lipinski definition) is 1. The van der Waals surface area contributed by atoms with Gasteiger partial charge in [-0.3, -0.25) is 0 Å². The number of aliphatic hydroxyl groups excluding tert-OH is 1. The van der Waals surface area contributed by atoms with Crippen LogP contribution in [-0.4, -0.2) is 15.3 Å². The highest BCUT2D eigenvalue weighted by Crippen LogP contribution is 2.33. The Morgan fingerprint density at radius 1 is 1.35 bits per heavy atom. The summed E-state index contributed by atoms with van der Waals surface area (Å²) in [6.45, 7) is 3.70. The molecule has 90 valence electrons. The summed E-state index contributed by atoms with van der Waals surface area (Å²) in [6, 6.07) is 7.70. The van der Waals surface area contributed by atoms with Crippen molar-refractivity contribution in [1.82, 2.24) is 10.2 Å². The average molecular weight is 250 g/mol. The van der Waals surface area contributed by atoms with E-state index in [0.29, 0.717) is 17.5 Å². The number of aryl methyl sites for hydroxylation is 1. The Hall–Kier alpha value is -1.33. The van der Waals surface area contributed by atoms with E-state index in [4.69, 9.17) is 4.42 Å². The molecule has 2 rings (SSSR count). The van der Waals surface area contributed by atoms with Crippen LogP contribution in [0.5, 0.6) is 0 Å². The van der Waals surface area contributed by atoms with E-state index in [0.717, 1.165) is 10.5 Å². The first kappa shape index (κ1) is 12.1. The van der Waals surface area contributed by atoms with E-state index in [1.54, 1.807) is 6.92 Å². The van der Waals surface area contributed by atoms with Gasteiger partial charge in [-0.05, 0) is 29.8 Å². The van der Waals surface area contributed by atoms with Crippen molar-refractivity contribution in [2.45, 2.75) is 36.5 Å². The van der Waals surface area contributed by atoms with E-state index in [2.05, 4.69) is 10.2 Å². The van der Waals surface area contributed by atoms with Crippen LogP contribution in [0.1, 0.15) is 30.9 Å². The summed E-state index contributed by atoms with van der Waals surface area (Å²) in [5.74, 6) is 0.543. The van der Waals surface area contributed by atoms with Crippen molar-refractivity contribution in [3.63, 3.8) is 0 Å². The van der Waals surface area contributed by atoms with Crippen molar-refractivity contribution in [3.05, 3.63) is 35.7 Å². The molecule has 5 heteroatoms. The Bertz CT molecular complexity index is 499. The number of nitrogens with zero attached hydrogens (tertiary/aromatic N) is 2. The molecule has 4 nitrogen and oxygen atoms in total. The first-order chi connectivity index (χ1) is 8.20. The highest BCUT2D eigenvalue weighted by molar-refractivity contribution is 7.99. The summed E-state index contributed by atoms with van der Waals surface area (Å²) in [7, 11) is 0. The predicted molar refractivity (Wildman–Crippen MR) is 64.9 cm³/mol. The molecule has 1 aromatic carbocycles. The second-order valence-corrected chi connectivity index (χ2v) is 4.64. The summed E-state index contributed by atoms with van der Waals surface area (Å²) < 4.78 is 5.31. The predicted octanol–water partition coefficient (Wildman–Crippen LogP) is 2.97. The molecular formula is C12H14N2O2S. The first-order valence-electron chi connectivity index (χ1n) is 5.45. The van der Waals surface area contributed by atoms with Gasteiger partial charge in [-0.25, -0.2) is 0 Å². The lowest BCUT2D eigenvalue weighted by atomic mass is 10.1. The molecular weight excluding hydrogens is 236 g/mol. The van der Waals surface area contributed by atoms with Gasteiger partial charge < -0.3 is 9.52 Å². The number of aliphatic hydroxyl groups is 1. The molecule has 0 saturated heterocycles. The van der Waals surface area contributed by atoms with Crippen molar-refractivity contribution < 1.29 is 9.52 Å². The second kappa shape index (κ2) is 5.33. The molecule has 0 aliphatic heterocycles. The van der Waals surface area contributed by atoms with Crippen molar-refractivity contribution in [2.75, 3.05) is 0 Å². The summed E-state index contributed by atoms with van der Waals surface area (Å²) in [4.78, 5) is 0.950. The summed E-state index contributed by atoms with van der Waals surface area (Å²) in [5, 5.41) is 18.1. The van der Waals surface area contributed by atoms with Crippen LogP contribution in [-0.2, 0) is 0 Å². The monoisotopic (exact) mass is 250 g/mol. The van der Waals surface area contributed by atoms with Gasteiger partial charge in [0.1, 0.15) is 0 Å². The minimum absolute atomic E-state index is 0.456. The maximum atomic E-state index is 9.91. The van der Waals surface area contributed by atoms with Gasteiger partial charge in [0, 0.05) is 11.8 Å². The van der Waals surface area contributed by atoms with Gasteiger partial charge in [-0.1, -0.05) is 25.1 Å². The SMILES string of the molecule is CC[C@H](O)c1ccccc1Sc1nnc(C)o1. The van der Waals surface area contributed by atoms with Gasteiger partial charge in [0.25, 0.3) is 5.22 Å². The molecule has 1 aromatic heterocycles. The molecule has 0 aliphatic rings. The molecule has 17 heavy (non-hydrogen) atoms. The van der Waals surface area contributed by atoms with Crippen molar-refractivity contribution in [2.24, 2.45) is 0 Å². The lowest BCUT2D eigenvalue weighted by molar-refractivity contribution is 0.171. The second-order valence-electron chi connectivity index (χ2n) is 3.65. The normalized spacial score (nSPS) is 12.6. The van der Waals surface area contributed by atoms with Crippen LogP contribution in [0.4, 0.5) is 0 Å². The Labute approximate surface area is 104 Å². The van der Waals surface area contributed by atoms with E-state index >= 15 is 0 Å². The zero-order chi connectivity index (χ0) is 12.3. The molecule has 0 aliphatic carbocycles. The Balaban J connectivity index is 2.26. The van der Waals surface area contributed by atoms with Gasteiger partial charge >= 0.3 is 0 Å². The van der Waals surface area contributed by atoms with Crippen LogP contribution >= 0.6 is 11.8 Å². The lowest BCUT2D eigenvalue weighted by Crippen LogP contribution is -1.97. The fourth-order valence-electron chi connectivity index (χ4n) is 1.48. The maximum Gasteiger partial charge on any atom is 0.281 e. The van der Waals surface area contributed by atoms with Crippen LogP contribution in [0.3, 0.4) is 0 Å². The fourth-order valence-corrected chi connectivity index (χ4v) is 2.38. The first-order valence-corrected chi connectivity index (χ1v) is 6.27. The van der Waals surface area contributed by atoms with Crippen molar-refractivity contribution >= 4 is 11.8 Å².